The van der Waals surface area contributed by atoms with Crippen molar-refractivity contribution in [3.05, 3.63) is 34.9 Å². The summed E-state index contributed by atoms with van der Waals surface area (Å²) < 4.78 is 34.4. The molecule has 2 aromatic rings. The highest BCUT2D eigenvalue weighted by molar-refractivity contribution is 5.61. The Balaban J connectivity index is 2.64. The number of rotatable bonds is 8. The van der Waals surface area contributed by atoms with Gasteiger partial charge in [-0.3, -0.25) is 0 Å². The zero-order valence-corrected chi connectivity index (χ0v) is 21.4. The topological polar surface area (TPSA) is 55.4 Å². The molecule has 0 aliphatic carbocycles. The second-order valence-corrected chi connectivity index (χ2v) is 9.67. The maximum atomic E-state index is 6.41. The van der Waals surface area contributed by atoms with Crippen molar-refractivity contribution in [1.29, 1.82) is 0 Å². The molecular formula is C26H38O6. The lowest BCUT2D eigenvalue weighted by atomic mass is 9.82. The maximum absolute atomic E-state index is 6.41. The predicted molar refractivity (Wildman–Crippen MR) is 127 cm³/mol. The summed E-state index contributed by atoms with van der Waals surface area (Å²) in [6, 6.07) is 5.82. The fourth-order valence-electron chi connectivity index (χ4n) is 3.86. The molecule has 0 bridgehead atoms. The van der Waals surface area contributed by atoms with Crippen molar-refractivity contribution in [2.24, 2.45) is 0 Å². The van der Waals surface area contributed by atoms with Gasteiger partial charge < -0.3 is 28.4 Å². The first-order chi connectivity index (χ1) is 14.9. The molecule has 0 saturated heterocycles. The fourth-order valence-corrected chi connectivity index (χ4v) is 3.86. The van der Waals surface area contributed by atoms with Crippen LogP contribution < -0.4 is 28.4 Å². The Morgan fingerprint density at radius 3 is 1.53 bits per heavy atom. The smallest absolute Gasteiger partial charge is 0.203 e. The SMILES string of the molecule is COc1cc(OCc2cc(OC)c(OC)c(OC)c2C(C)(C)C)c(C(C)(C)C)cc1OC. The monoisotopic (exact) mass is 446 g/mol. The van der Waals surface area contributed by atoms with Crippen LogP contribution in [0.5, 0.6) is 34.5 Å². The normalized spacial score (nSPS) is 11.7. The quantitative estimate of drug-likeness (QED) is 0.503. The van der Waals surface area contributed by atoms with Crippen LogP contribution in [0, 0.1) is 0 Å². The Morgan fingerprint density at radius 2 is 1.09 bits per heavy atom. The summed E-state index contributed by atoms with van der Waals surface area (Å²) in [7, 11) is 8.13. The summed E-state index contributed by atoms with van der Waals surface area (Å²) in [5.41, 5.74) is 2.63. The van der Waals surface area contributed by atoms with Gasteiger partial charge in [-0.1, -0.05) is 41.5 Å². The van der Waals surface area contributed by atoms with Gasteiger partial charge in [0.05, 0.1) is 35.5 Å². The minimum absolute atomic E-state index is 0.156. The first-order valence-corrected chi connectivity index (χ1v) is 10.6. The highest BCUT2D eigenvalue weighted by Gasteiger charge is 2.29. The van der Waals surface area contributed by atoms with Gasteiger partial charge in [-0.05, 0) is 23.0 Å². The number of hydrogen-bond donors (Lipinski definition) is 0. The highest BCUT2D eigenvalue weighted by atomic mass is 16.5. The molecule has 0 aliphatic rings. The fraction of sp³-hybridized carbons (Fsp3) is 0.538. The van der Waals surface area contributed by atoms with Crippen molar-refractivity contribution in [3.8, 4) is 34.5 Å². The van der Waals surface area contributed by atoms with E-state index in [1.54, 1.807) is 35.5 Å². The lowest BCUT2D eigenvalue weighted by molar-refractivity contribution is 0.281. The molecular weight excluding hydrogens is 408 g/mol. The predicted octanol–water partition coefficient (Wildman–Crippen LogP) is 5.90. The standard InChI is InChI=1S/C26H38O6/c1-25(2,3)17-13-19(27-7)20(28-8)14-18(17)32-15-16-12-21(29-9)23(30-10)24(31-11)22(16)26(4,5)6/h12-14H,15H2,1-11H3. The Morgan fingerprint density at radius 1 is 0.562 bits per heavy atom. The van der Waals surface area contributed by atoms with E-state index in [1.165, 1.54) is 0 Å². The van der Waals surface area contributed by atoms with E-state index >= 15 is 0 Å². The van der Waals surface area contributed by atoms with Crippen molar-refractivity contribution in [1.82, 2.24) is 0 Å². The second kappa shape index (κ2) is 9.80. The molecule has 0 heterocycles. The Labute approximate surface area is 192 Å². The third-order valence-corrected chi connectivity index (χ3v) is 5.34. The van der Waals surface area contributed by atoms with Crippen molar-refractivity contribution in [2.45, 2.75) is 59.0 Å². The molecule has 178 valence electrons. The molecule has 0 atom stereocenters. The average Bonchev–Trinajstić information content (AvgIpc) is 2.73. The zero-order valence-electron chi connectivity index (χ0n) is 21.4. The summed E-state index contributed by atoms with van der Waals surface area (Å²) in [4.78, 5) is 0. The lowest BCUT2D eigenvalue weighted by Crippen LogP contribution is -2.19. The van der Waals surface area contributed by atoms with Crippen molar-refractivity contribution < 1.29 is 28.4 Å². The van der Waals surface area contributed by atoms with Gasteiger partial charge >= 0.3 is 0 Å². The minimum Gasteiger partial charge on any atom is -0.493 e. The third-order valence-electron chi connectivity index (χ3n) is 5.34. The van der Waals surface area contributed by atoms with Crippen molar-refractivity contribution >= 4 is 0 Å². The number of benzene rings is 2. The maximum Gasteiger partial charge on any atom is 0.203 e. The largest absolute Gasteiger partial charge is 0.493 e. The Bertz CT molecular complexity index is 935. The number of methoxy groups -OCH3 is 5. The van der Waals surface area contributed by atoms with Crippen molar-refractivity contribution in [3.63, 3.8) is 0 Å². The van der Waals surface area contributed by atoms with E-state index < -0.39 is 0 Å². The second-order valence-electron chi connectivity index (χ2n) is 9.67. The molecule has 0 radical (unpaired) electrons. The van der Waals surface area contributed by atoms with Crippen LogP contribution in [0.25, 0.3) is 0 Å². The van der Waals surface area contributed by atoms with Gasteiger partial charge in [-0.25, -0.2) is 0 Å². The molecule has 0 fully saturated rings. The van der Waals surface area contributed by atoms with Crippen LogP contribution in [0.1, 0.15) is 58.2 Å². The van der Waals surface area contributed by atoms with E-state index in [1.807, 2.05) is 18.2 Å². The van der Waals surface area contributed by atoms with E-state index in [9.17, 15) is 0 Å². The molecule has 0 amide bonds. The lowest BCUT2D eigenvalue weighted by Gasteiger charge is -2.29. The minimum atomic E-state index is -0.214. The molecule has 0 N–H and O–H groups in total. The molecule has 0 spiro atoms. The van der Waals surface area contributed by atoms with Crippen LogP contribution >= 0.6 is 0 Å². The first kappa shape index (κ1) is 25.5. The van der Waals surface area contributed by atoms with Crippen LogP contribution in [0.4, 0.5) is 0 Å². The molecule has 32 heavy (non-hydrogen) atoms. The molecule has 0 unspecified atom stereocenters. The molecule has 6 nitrogen and oxygen atoms in total. The molecule has 2 aromatic carbocycles. The summed E-state index contributed by atoms with van der Waals surface area (Å²) >= 11 is 0. The summed E-state index contributed by atoms with van der Waals surface area (Å²) in [6.45, 7) is 13.1. The summed E-state index contributed by atoms with van der Waals surface area (Å²) in [5, 5.41) is 0. The van der Waals surface area contributed by atoms with Crippen LogP contribution in [-0.2, 0) is 17.4 Å². The van der Waals surface area contributed by atoms with Crippen LogP contribution in [0.2, 0.25) is 0 Å². The van der Waals surface area contributed by atoms with Crippen LogP contribution in [-0.4, -0.2) is 35.5 Å². The van der Waals surface area contributed by atoms with E-state index in [4.69, 9.17) is 28.4 Å². The van der Waals surface area contributed by atoms with E-state index in [-0.39, 0.29) is 10.8 Å². The van der Waals surface area contributed by atoms with E-state index in [2.05, 4.69) is 41.5 Å². The van der Waals surface area contributed by atoms with Gasteiger partial charge in [0, 0.05) is 22.8 Å². The molecule has 2 rings (SSSR count). The molecule has 0 aliphatic heterocycles. The Hall–Kier alpha value is -2.76. The van der Waals surface area contributed by atoms with Crippen molar-refractivity contribution in [2.75, 3.05) is 35.5 Å². The third kappa shape index (κ3) is 5.17. The van der Waals surface area contributed by atoms with E-state index in [0.717, 1.165) is 22.4 Å². The van der Waals surface area contributed by atoms with Gasteiger partial charge in [-0.2, -0.15) is 0 Å². The zero-order chi connectivity index (χ0) is 24.3. The number of ether oxygens (including phenoxy) is 6. The van der Waals surface area contributed by atoms with Crippen LogP contribution in [0.15, 0.2) is 18.2 Å². The summed E-state index contributed by atoms with van der Waals surface area (Å²) in [5.74, 6) is 3.86. The van der Waals surface area contributed by atoms with Gasteiger partial charge in [-0.15, -0.1) is 0 Å². The molecule has 0 saturated carbocycles. The van der Waals surface area contributed by atoms with Gasteiger partial charge in [0.25, 0.3) is 0 Å². The van der Waals surface area contributed by atoms with Gasteiger partial charge in [0.1, 0.15) is 12.4 Å². The summed E-state index contributed by atoms with van der Waals surface area (Å²) in [6.07, 6.45) is 0. The first-order valence-electron chi connectivity index (χ1n) is 10.6. The Kier molecular flexibility index (Phi) is 7.81. The molecule has 6 heteroatoms. The average molecular weight is 447 g/mol. The number of hydrogen-bond acceptors (Lipinski definition) is 6. The van der Waals surface area contributed by atoms with Crippen LogP contribution in [0.3, 0.4) is 0 Å². The molecule has 0 aromatic heterocycles. The van der Waals surface area contributed by atoms with Gasteiger partial charge in [0.15, 0.2) is 23.0 Å². The van der Waals surface area contributed by atoms with E-state index in [0.29, 0.717) is 35.4 Å². The van der Waals surface area contributed by atoms with Gasteiger partial charge in [0.2, 0.25) is 5.75 Å². The highest BCUT2D eigenvalue weighted by Crippen LogP contribution is 2.47.